The summed E-state index contributed by atoms with van der Waals surface area (Å²) in [6, 6.07) is 0. The minimum Gasteiger partial charge on any atom is -0.384 e. The zero-order valence-corrected chi connectivity index (χ0v) is 13.7. The Kier molecular flexibility index (Phi) is 9.25. The third-order valence-electron chi connectivity index (χ3n) is 2.73. The average molecular weight is 305 g/mol. The van der Waals surface area contributed by atoms with Crippen LogP contribution in [0.2, 0.25) is 0 Å². The van der Waals surface area contributed by atoms with E-state index in [0.717, 1.165) is 11.3 Å². The number of ether oxygens (including phenoxy) is 1. The highest BCUT2D eigenvalue weighted by atomic mass is 35.5. The Morgan fingerprint density at radius 1 is 1.30 bits per heavy atom. The van der Waals surface area contributed by atoms with E-state index >= 15 is 0 Å². The van der Waals surface area contributed by atoms with Gasteiger partial charge >= 0.3 is 0 Å². The number of nitrogens with zero attached hydrogens (tertiary/aromatic N) is 1. The molecule has 2 amide bonds. The van der Waals surface area contributed by atoms with E-state index in [2.05, 4.69) is 5.32 Å². The maximum Gasteiger partial charge on any atom is 0.243 e. The second-order valence-corrected chi connectivity index (χ2v) is 5.26. The maximum absolute atomic E-state index is 12.0. The Labute approximate surface area is 126 Å². The number of methoxy groups -OCH3 is 1. The number of nitrogens with one attached hydrogen (secondary N) is 1. The van der Waals surface area contributed by atoms with Crippen LogP contribution in [-0.2, 0) is 14.3 Å². The molecule has 0 aromatic heterocycles. The Morgan fingerprint density at radius 3 is 2.30 bits per heavy atom. The van der Waals surface area contributed by atoms with Gasteiger partial charge in [0.15, 0.2) is 0 Å². The fraction of sp³-hybridized carbons (Fsp3) is 0.714. The van der Waals surface area contributed by atoms with Crippen LogP contribution >= 0.6 is 11.6 Å². The number of hydrogen-bond acceptors (Lipinski definition) is 3. The number of halogens is 1. The highest BCUT2D eigenvalue weighted by molar-refractivity contribution is 6.27. The van der Waals surface area contributed by atoms with Crippen molar-refractivity contribution in [1.29, 1.82) is 0 Å². The van der Waals surface area contributed by atoms with E-state index < -0.39 is 0 Å². The molecule has 5 nitrogen and oxygen atoms in total. The lowest BCUT2D eigenvalue weighted by Crippen LogP contribution is -2.43. The van der Waals surface area contributed by atoms with E-state index in [1.165, 1.54) is 12.0 Å². The van der Waals surface area contributed by atoms with Gasteiger partial charge in [0.1, 0.15) is 5.88 Å². The molecule has 0 aliphatic heterocycles. The predicted molar refractivity (Wildman–Crippen MR) is 80.3 cm³/mol. The summed E-state index contributed by atoms with van der Waals surface area (Å²) in [6.07, 6.45) is 0.269. The Bertz CT molecular complexity index is 363. The summed E-state index contributed by atoms with van der Waals surface area (Å²) in [4.78, 5) is 25.1. The first-order chi connectivity index (χ1) is 9.34. The molecule has 0 aromatic rings. The van der Waals surface area contributed by atoms with Crippen molar-refractivity contribution in [3.8, 4) is 0 Å². The van der Waals surface area contributed by atoms with Crippen molar-refractivity contribution in [2.75, 3.05) is 26.3 Å². The Morgan fingerprint density at radius 2 is 1.90 bits per heavy atom. The van der Waals surface area contributed by atoms with Gasteiger partial charge in [-0.2, -0.15) is 0 Å². The molecule has 6 heteroatoms. The smallest absolute Gasteiger partial charge is 0.243 e. The van der Waals surface area contributed by atoms with Crippen LogP contribution in [0.1, 0.15) is 34.1 Å². The zero-order chi connectivity index (χ0) is 15.7. The normalized spacial score (nSPS) is 10.3. The van der Waals surface area contributed by atoms with Crippen molar-refractivity contribution in [1.82, 2.24) is 10.2 Å². The predicted octanol–water partition coefficient (Wildman–Crippen LogP) is 2.11. The monoisotopic (exact) mass is 304 g/mol. The number of amides is 2. The van der Waals surface area contributed by atoms with Gasteiger partial charge in [-0.1, -0.05) is 19.4 Å². The van der Waals surface area contributed by atoms with Gasteiger partial charge in [-0.15, -0.1) is 11.6 Å². The molecule has 0 saturated heterocycles. The lowest BCUT2D eigenvalue weighted by molar-refractivity contribution is -0.128. The number of rotatable bonds is 8. The van der Waals surface area contributed by atoms with Gasteiger partial charge in [0.25, 0.3) is 0 Å². The van der Waals surface area contributed by atoms with Crippen LogP contribution in [0.3, 0.4) is 0 Å². The molecule has 0 aliphatic rings. The van der Waals surface area contributed by atoms with E-state index in [1.807, 2.05) is 27.7 Å². The molecule has 0 heterocycles. The molecule has 0 rings (SSSR count). The first kappa shape index (κ1) is 18.9. The molecule has 0 bridgehead atoms. The van der Waals surface area contributed by atoms with Crippen molar-refractivity contribution in [2.45, 2.75) is 34.1 Å². The van der Waals surface area contributed by atoms with Gasteiger partial charge in [-0.3, -0.25) is 14.5 Å². The Hall–Kier alpha value is -1.07. The summed E-state index contributed by atoms with van der Waals surface area (Å²) >= 11 is 5.65. The largest absolute Gasteiger partial charge is 0.384 e. The van der Waals surface area contributed by atoms with Crippen molar-refractivity contribution >= 4 is 23.4 Å². The molecule has 0 spiro atoms. The third kappa shape index (κ3) is 6.39. The molecule has 0 aliphatic carbocycles. The number of alkyl halides is 1. The quantitative estimate of drug-likeness (QED) is 0.552. The van der Waals surface area contributed by atoms with E-state index in [4.69, 9.17) is 16.3 Å². The SMILES string of the molecule is COCCC(=O)NCN(C(=O)CCl)C(=C(C)C)C(C)C. The van der Waals surface area contributed by atoms with Crippen LogP contribution in [0.5, 0.6) is 0 Å². The van der Waals surface area contributed by atoms with E-state index in [9.17, 15) is 9.59 Å². The molecule has 0 atom stereocenters. The lowest BCUT2D eigenvalue weighted by Gasteiger charge is -2.29. The minimum atomic E-state index is -0.219. The van der Waals surface area contributed by atoms with Gasteiger partial charge in [-0.25, -0.2) is 0 Å². The molecular weight excluding hydrogens is 280 g/mol. The minimum absolute atomic E-state index is 0.114. The van der Waals surface area contributed by atoms with Crippen molar-refractivity contribution in [3.05, 3.63) is 11.3 Å². The molecule has 116 valence electrons. The fourth-order valence-electron chi connectivity index (χ4n) is 1.99. The maximum atomic E-state index is 12.0. The van der Waals surface area contributed by atoms with Crippen LogP contribution in [0.25, 0.3) is 0 Å². The van der Waals surface area contributed by atoms with Crippen molar-refractivity contribution in [2.24, 2.45) is 5.92 Å². The second-order valence-electron chi connectivity index (χ2n) is 5.00. The molecule has 0 aromatic carbocycles. The van der Waals surface area contributed by atoms with Crippen LogP contribution < -0.4 is 5.32 Å². The molecule has 0 unspecified atom stereocenters. The van der Waals surface area contributed by atoms with Gasteiger partial charge in [0.2, 0.25) is 11.8 Å². The summed E-state index contributed by atoms with van der Waals surface area (Å²) in [6.45, 7) is 8.38. The second kappa shape index (κ2) is 9.77. The highest BCUT2D eigenvalue weighted by Crippen LogP contribution is 2.19. The Balaban J connectivity index is 4.87. The summed E-state index contributed by atoms with van der Waals surface area (Å²) in [7, 11) is 1.54. The van der Waals surface area contributed by atoms with Crippen molar-refractivity contribution in [3.63, 3.8) is 0 Å². The van der Waals surface area contributed by atoms with Crippen molar-refractivity contribution < 1.29 is 14.3 Å². The van der Waals surface area contributed by atoms with Crippen LogP contribution in [0, 0.1) is 5.92 Å². The zero-order valence-electron chi connectivity index (χ0n) is 13.0. The summed E-state index contributed by atoms with van der Waals surface area (Å²) in [5, 5.41) is 2.72. The average Bonchev–Trinajstić information content (AvgIpc) is 2.38. The fourth-order valence-corrected chi connectivity index (χ4v) is 2.13. The van der Waals surface area contributed by atoms with Gasteiger partial charge < -0.3 is 10.1 Å². The number of allylic oxidation sites excluding steroid dienone is 2. The third-order valence-corrected chi connectivity index (χ3v) is 2.96. The summed E-state index contributed by atoms with van der Waals surface area (Å²) in [5.41, 5.74) is 1.92. The van der Waals surface area contributed by atoms with Gasteiger partial charge in [-0.05, 0) is 19.8 Å². The van der Waals surface area contributed by atoms with Crippen LogP contribution in [0.4, 0.5) is 0 Å². The number of hydrogen-bond donors (Lipinski definition) is 1. The topological polar surface area (TPSA) is 58.6 Å². The van der Waals surface area contributed by atoms with Gasteiger partial charge in [0, 0.05) is 19.2 Å². The molecule has 0 saturated carbocycles. The molecule has 0 radical (unpaired) electrons. The van der Waals surface area contributed by atoms with E-state index in [1.54, 1.807) is 0 Å². The first-order valence-electron chi connectivity index (χ1n) is 6.64. The molecule has 1 N–H and O–H groups in total. The lowest BCUT2D eigenvalue weighted by atomic mass is 10.0. The summed E-state index contributed by atoms with van der Waals surface area (Å²) < 4.78 is 4.84. The van der Waals surface area contributed by atoms with Crippen LogP contribution in [-0.4, -0.2) is 43.0 Å². The molecular formula is C14H25ClN2O3. The van der Waals surface area contributed by atoms with Gasteiger partial charge in [0.05, 0.1) is 13.3 Å². The highest BCUT2D eigenvalue weighted by Gasteiger charge is 2.21. The van der Waals surface area contributed by atoms with Crippen LogP contribution in [0.15, 0.2) is 11.3 Å². The number of carbonyl (C=O) groups excluding carboxylic acids is 2. The number of carbonyl (C=O) groups is 2. The molecule has 0 fully saturated rings. The first-order valence-corrected chi connectivity index (χ1v) is 7.17. The summed E-state index contributed by atoms with van der Waals surface area (Å²) in [5.74, 6) is -0.319. The standard InChI is InChI=1S/C14H25ClN2O3/c1-10(2)14(11(3)4)17(13(19)8-15)9-16-12(18)6-7-20-5/h10H,6-9H2,1-5H3,(H,16,18). The van der Waals surface area contributed by atoms with E-state index in [0.29, 0.717) is 6.61 Å². The van der Waals surface area contributed by atoms with E-state index in [-0.39, 0.29) is 36.7 Å². The molecule has 20 heavy (non-hydrogen) atoms.